The second kappa shape index (κ2) is 9.70. The molecule has 0 saturated carbocycles. The van der Waals surface area contributed by atoms with Gasteiger partial charge in [-0.15, -0.1) is 10.2 Å². The first-order chi connectivity index (χ1) is 15.4. The minimum atomic E-state index is -3.05. The second-order valence-electron chi connectivity index (χ2n) is 7.27. The molecule has 32 heavy (non-hydrogen) atoms. The molecule has 0 unspecified atom stereocenters. The van der Waals surface area contributed by atoms with Crippen molar-refractivity contribution in [1.29, 1.82) is 0 Å². The highest BCUT2D eigenvalue weighted by atomic mass is 32.2. The quantitative estimate of drug-likeness (QED) is 0.495. The highest BCUT2D eigenvalue weighted by molar-refractivity contribution is 7.99. The fraction of sp³-hybridized carbons (Fsp3) is 0.333. The molecule has 4 rings (SSSR count). The summed E-state index contributed by atoms with van der Waals surface area (Å²) in [6, 6.07) is 10.9. The van der Waals surface area contributed by atoms with Crippen molar-refractivity contribution in [2.45, 2.75) is 24.5 Å². The predicted octanol–water partition coefficient (Wildman–Crippen LogP) is 2.12. The van der Waals surface area contributed by atoms with Crippen LogP contribution in [0.1, 0.15) is 13.3 Å². The van der Waals surface area contributed by atoms with E-state index < -0.39 is 9.84 Å². The molecule has 3 heterocycles. The molecule has 1 aromatic carbocycles. The molecule has 0 radical (unpaired) electrons. The lowest BCUT2D eigenvalue weighted by atomic mass is 10.2. The van der Waals surface area contributed by atoms with Gasteiger partial charge in [0.05, 0.1) is 23.9 Å². The summed E-state index contributed by atoms with van der Waals surface area (Å²) in [5.41, 5.74) is 1.61. The molecule has 1 fully saturated rings. The van der Waals surface area contributed by atoms with Crippen molar-refractivity contribution in [3.8, 4) is 22.8 Å². The topological polar surface area (TPSA) is 116 Å². The number of hydrogen-bond acceptors (Lipinski definition) is 8. The first-order valence-electron chi connectivity index (χ1n) is 10.2. The molecule has 3 aromatic rings. The van der Waals surface area contributed by atoms with Crippen LogP contribution in [0.3, 0.4) is 0 Å². The van der Waals surface area contributed by atoms with Gasteiger partial charge in [-0.05, 0) is 49.7 Å². The molecule has 2 aromatic heterocycles. The summed E-state index contributed by atoms with van der Waals surface area (Å²) in [6.45, 7) is 2.50. The predicted molar refractivity (Wildman–Crippen MR) is 122 cm³/mol. The van der Waals surface area contributed by atoms with Gasteiger partial charge in [0.25, 0.3) is 0 Å². The number of ether oxygens (including phenoxy) is 1. The molecule has 168 valence electrons. The van der Waals surface area contributed by atoms with Crippen molar-refractivity contribution in [3.05, 3.63) is 48.8 Å². The van der Waals surface area contributed by atoms with Gasteiger partial charge in [-0.3, -0.25) is 14.3 Å². The van der Waals surface area contributed by atoms with E-state index in [2.05, 4.69) is 20.5 Å². The van der Waals surface area contributed by atoms with Crippen LogP contribution in [0.5, 0.6) is 5.75 Å². The van der Waals surface area contributed by atoms with Gasteiger partial charge in [0.1, 0.15) is 5.75 Å². The van der Waals surface area contributed by atoms with Gasteiger partial charge in [-0.25, -0.2) is 8.42 Å². The molecule has 1 aliphatic heterocycles. The van der Waals surface area contributed by atoms with Crippen LogP contribution in [0, 0.1) is 0 Å². The Labute approximate surface area is 190 Å². The number of nitrogens with one attached hydrogen (secondary N) is 1. The number of amides is 1. The number of benzene rings is 1. The Hall–Kier alpha value is -2.92. The number of hydrogen-bond donors (Lipinski definition) is 1. The van der Waals surface area contributed by atoms with Gasteiger partial charge in [0.2, 0.25) is 5.91 Å². The Morgan fingerprint density at radius 1 is 1.25 bits per heavy atom. The molecule has 11 heteroatoms. The maximum absolute atomic E-state index is 12.4. The first-order valence-corrected chi connectivity index (χ1v) is 13.0. The standard InChI is InChI=1S/C21H23N5O4S2/c1-2-30-18-7-5-17(6-8-18)26-20(15-4-3-10-22-12-15)24-25-21(26)31-13-19(27)23-16-9-11-32(28,29)14-16/h3-8,10,12,16H,2,9,11,13-14H2,1H3,(H,23,27)/t16-/m1/s1. The van der Waals surface area contributed by atoms with Crippen molar-refractivity contribution in [1.82, 2.24) is 25.1 Å². The summed E-state index contributed by atoms with van der Waals surface area (Å²) in [6.07, 6.45) is 3.84. The third kappa shape index (κ3) is 5.28. The van der Waals surface area contributed by atoms with Crippen LogP contribution in [0.2, 0.25) is 0 Å². The summed E-state index contributed by atoms with van der Waals surface area (Å²) >= 11 is 1.24. The molecule has 1 amide bonds. The van der Waals surface area contributed by atoms with Crippen molar-refractivity contribution in [2.24, 2.45) is 0 Å². The highest BCUT2D eigenvalue weighted by Crippen LogP contribution is 2.28. The van der Waals surface area contributed by atoms with E-state index in [0.717, 1.165) is 17.0 Å². The summed E-state index contributed by atoms with van der Waals surface area (Å²) in [7, 11) is -3.05. The largest absolute Gasteiger partial charge is 0.494 e. The lowest BCUT2D eigenvalue weighted by molar-refractivity contribution is -0.119. The van der Waals surface area contributed by atoms with E-state index in [0.29, 0.717) is 24.0 Å². The van der Waals surface area contributed by atoms with Gasteiger partial charge in [0.15, 0.2) is 20.8 Å². The average Bonchev–Trinajstić information content (AvgIpc) is 3.36. The van der Waals surface area contributed by atoms with Crippen molar-refractivity contribution in [2.75, 3.05) is 23.9 Å². The number of carbonyl (C=O) groups is 1. The van der Waals surface area contributed by atoms with Crippen LogP contribution in [0.15, 0.2) is 53.9 Å². The fourth-order valence-electron chi connectivity index (χ4n) is 3.44. The van der Waals surface area contributed by atoms with E-state index in [4.69, 9.17) is 4.74 Å². The zero-order valence-electron chi connectivity index (χ0n) is 17.5. The first kappa shape index (κ1) is 22.3. The van der Waals surface area contributed by atoms with E-state index >= 15 is 0 Å². The molecule has 1 N–H and O–H groups in total. The highest BCUT2D eigenvalue weighted by Gasteiger charge is 2.29. The number of pyridine rings is 1. The van der Waals surface area contributed by atoms with Crippen molar-refractivity contribution in [3.63, 3.8) is 0 Å². The molecule has 0 spiro atoms. The molecule has 1 saturated heterocycles. The van der Waals surface area contributed by atoms with Crippen LogP contribution in [-0.4, -0.2) is 64.0 Å². The van der Waals surface area contributed by atoms with E-state index in [-0.39, 0.29) is 29.2 Å². The summed E-state index contributed by atoms with van der Waals surface area (Å²) in [4.78, 5) is 16.6. The van der Waals surface area contributed by atoms with E-state index in [1.54, 1.807) is 12.4 Å². The molecular weight excluding hydrogens is 450 g/mol. The normalized spacial score (nSPS) is 17.2. The zero-order chi connectivity index (χ0) is 22.6. The van der Waals surface area contributed by atoms with Gasteiger partial charge in [-0.2, -0.15) is 0 Å². The lowest BCUT2D eigenvalue weighted by Crippen LogP contribution is -2.36. The zero-order valence-corrected chi connectivity index (χ0v) is 19.1. The Balaban J connectivity index is 1.55. The van der Waals surface area contributed by atoms with Crippen LogP contribution in [-0.2, 0) is 14.6 Å². The van der Waals surface area contributed by atoms with E-state index in [9.17, 15) is 13.2 Å². The fourth-order valence-corrected chi connectivity index (χ4v) is 5.88. The number of nitrogens with zero attached hydrogens (tertiary/aromatic N) is 4. The number of rotatable bonds is 8. The third-order valence-electron chi connectivity index (χ3n) is 4.89. The maximum Gasteiger partial charge on any atom is 0.230 e. The van der Waals surface area contributed by atoms with Crippen molar-refractivity contribution < 1.29 is 17.9 Å². The van der Waals surface area contributed by atoms with E-state index in [1.165, 1.54) is 11.8 Å². The summed E-state index contributed by atoms with van der Waals surface area (Å²) in [5.74, 6) is 1.34. The smallest absolute Gasteiger partial charge is 0.230 e. The average molecular weight is 474 g/mol. The summed E-state index contributed by atoms with van der Waals surface area (Å²) < 4.78 is 30.6. The lowest BCUT2D eigenvalue weighted by Gasteiger charge is -2.12. The third-order valence-corrected chi connectivity index (χ3v) is 7.59. The number of aromatic nitrogens is 4. The molecular formula is C21H23N5O4S2. The minimum absolute atomic E-state index is 0.00305. The van der Waals surface area contributed by atoms with Crippen LogP contribution < -0.4 is 10.1 Å². The SMILES string of the molecule is CCOc1ccc(-n2c(SCC(=O)N[C@@H]3CCS(=O)(=O)C3)nnc2-c2cccnc2)cc1. The minimum Gasteiger partial charge on any atom is -0.494 e. The van der Waals surface area contributed by atoms with Crippen LogP contribution in [0.4, 0.5) is 0 Å². The Morgan fingerprint density at radius 3 is 2.72 bits per heavy atom. The Bertz CT molecular complexity index is 1180. The number of thioether (sulfide) groups is 1. The molecule has 1 atom stereocenters. The summed E-state index contributed by atoms with van der Waals surface area (Å²) in [5, 5.41) is 12.0. The van der Waals surface area contributed by atoms with Crippen LogP contribution in [0.25, 0.3) is 17.1 Å². The molecule has 0 bridgehead atoms. The van der Waals surface area contributed by atoms with Gasteiger partial charge in [-0.1, -0.05) is 11.8 Å². The molecule has 9 nitrogen and oxygen atoms in total. The van der Waals surface area contributed by atoms with Gasteiger partial charge >= 0.3 is 0 Å². The maximum atomic E-state index is 12.4. The van der Waals surface area contributed by atoms with Gasteiger partial charge < -0.3 is 10.1 Å². The number of carbonyl (C=O) groups excluding carboxylic acids is 1. The second-order valence-corrected chi connectivity index (χ2v) is 10.4. The Kier molecular flexibility index (Phi) is 6.75. The molecule has 1 aliphatic rings. The van der Waals surface area contributed by atoms with Crippen LogP contribution >= 0.6 is 11.8 Å². The molecule has 0 aliphatic carbocycles. The van der Waals surface area contributed by atoms with Gasteiger partial charge in [0, 0.05) is 29.7 Å². The monoisotopic (exact) mass is 473 g/mol. The van der Waals surface area contributed by atoms with E-state index in [1.807, 2.05) is 47.9 Å². The van der Waals surface area contributed by atoms with Crippen molar-refractivity contribution >= 4 is 27.5 Å². The number of sulfone groups is 1. The Morgan fingerprint density at radius 2 is 2.06 bits per heavy atom.